The van der Waals surface area contributed by atoms with E-state index in [1.54, 1.807) is 61.7 Å². The second-order valence-electron chi connectivity index (χ2n) is 20.8. The highest BCUT2D eigenvalue weighted by molar-refractivity contribution is 7.20. The van der Waals surface area contributed by atoms with E-state index in [0.717, 1.165) is 6.20 Å². The zero-order valence-electron chi connectivity index (χ0n) is 79.3. The Kier molecular flexibility index (Phi) is 6.97. The number of benzene rings is 11. The van der Waals surface area contributed by atoms with Gasteiger partial charge in [-0.2, -0.15) is 0 Å². The quantitative estimate of drug-likeness (QED) is 0.0529. The van der Waals surface area contributed by atoms with Crippen molar-refractivity contribution in [3.8, 4) is 62.1 Å². The SMILES string of the molecule is [2H]c1c([2H])c([2H])c(-c2cnc(-n3c4ccccc4c4ccc(Oc5cccc(-n6[c-][n+](-c7c(-c8c([2H])c([2H])c([2H])c([2H])c8[2H])cc(C(C)(C)C)cc7[Si](c7c([2H])c([2H])c([2H])c([2H])c7[2H])(c7c([2H])c([2H])c([2H])c([2H])c7[2H])c7c([2H])c([2H])c([2H])c([2H])c7[2H])c7ccc(-c8c(C([2H])([2H])[2H])cccc8C([2H])([2H])[2H])cc76)c5)cc43)cc2C([2H])([2H])[2H])c([2H])c1[2H]. The Morgan fingerprint density at radius 2 is 1.09 bits per heavy atom. The molecule has 0 unspecified atom stereocenters. The number of fused-ring (bicyclic) bond motifs is 4. The molecule has 0 saturated carbocycles. The minimum absolute atomic E-state index is 0.0218. The highest BCUT2D eigenvalue weighted by Gasteiger charge is 2.45. The number of imidazole rings is 1. The molecule has 3 heterocycles. The highest BCUT2D eigenvalue weighted by Crippen LogP contribution is 2.39. The molecule has 0 aliphatic heterocycles. The topological polar surface area (TPSA) is 35.9 Å². The summed E-state index contributed by atoms with van der Waals surface area (Å²) >= 11 is 0. The second-order valence-corrected chi connectivity index (χ2v) is 24.4. The molecule has 6 heteroatoms. The standard InChI is InChI=1S/C79H64N4OSi/c1-54-26-24-27-55(2)77(54)59-42-45-72-74(47-59)81(61-32-25-33-62(50-61)84-63-43-44-68-67-40-22-23-41-71(67)83(73(68)51-63)76-46-56(3)70(52-80-76)58-30-14-8-15-31-58)53-82(72)78-69(57-28-12-7-13-29-57)48-60(79(4,5)6)49-75(78)85(64-34-16-9-17-35-64,65-36-18-10-19-37-65)66-38-20-11-21-39-66/h7-52H,1-6H3/i1D3,2D3,3D3,7D,8D,9D,10D,11D,12D,13D,14D,15D,16D,17D,18D,19D,20D,21D,28D,29D,30D,31D,34D,35D,36D,37D,38D,39D. The van der Waals surface area contributed by atoms with Crippen molar-refractivity contribution >= 4 is 61.7 Å². The third-order valence-electron chi connectivity index (χ3n) is 14.9. The van der Waals surface area contributed by atoms with E-state index >= 15 is 0 Å². The Labute approximate surface area is 546 Å². The third-order valence-corrected chi connectivity index (χ3v) is 19.0. The molecule has 0 bridgehead atoms. The van der Waals surface area contributed by atoms with Gasteiger partial charge in [0.15, 0.2) is 8.07 Å². The molecule has 0 radical (unpaired) electrons. The number of hydrogen-bond donors (Lipinski definition) is 0. The first-order chi connectivity index (χ1) is 55.5. The smallest absolute Gasteiger partial charge is 0.269 e. The number of aromatic nitrogens is 4. The van der Waals surface area contributed by atoms with E-state index in [1.807, 2.05) is 6.07 Å². The van der Waals surface area contributed by atoms with Crippen molar-refractivity contribution in [2.75, 3.05) is 0 Å². The fourth-order valence-electron chi connectivity index (χ4n) is 11.0. The van der Waals surface area contributed by atoms with Gasteiger partial charge in [-0.3, -0.25) is 13.7 Å². The summed E-state index contributed by atoms with van der Waals surface area (Å²) in [5.41, 5.74) is -4.49. The van der Waals surface area contributed by atoms with Crippen molar-refractivity contribution in [2.45, 2.75) is 46.7 Å². The van der Waals surface area contributed by atoms with Gasteiger partial charge in [0.25, 0.3) is 6.33 Å². The molecular formula is C79H64N4OSi. The summed E-state index contributed by atoms with van der Waals surface area (Å²) in [6.45, 7) is -4.05. The van der Waals surface area contributed by atoms with Crippen LogP contribution in [-0.4, -0.2) is 22.2 Å². The monoisotopic (exact) mass is 1150 g/mol. The van der Waals surface area contributed by atoms with Crippen LogP contribution < -0.4 is 30.1 Å². The summed E-state index contributed by atoms with van der Waals surface area (Å²) in [6.07, 6.45) is 4.45. The number of ether oxygens (including phenoxy) is 1. The Hall–Kier alpha value is -10.1. The number of hydrogen-bond acceptors (Lipinski definition) is 2. The molecule has 0 atom stereocenters. The van der Waals surface area contributed by atoms with Crippen LogP contribution in [0.15, 0.2) is 279 Å². The predicted octanol–water partition coefficient (Wildman–Crippen LogP) is 16.6. The molecule has 85 heavy (non-hydrogen) atoms. The van der Waals surface area contributed by atoms with E-state index in [9.17, 15) is 21.9 Å². The average molecular weight is 1150 g/mol. The molecule has 14 aromatic rings. The van der Waals surface area contributed by atoms with Crippen LogP contribution in [0.1, 0.15) is 89.6 Å². The van der Waals surface area contributed by atoms with Gasteiger partial charge >= 0.3 is 0 Å². The van der Waals surface area contributed by atoms with Crippen LogP contribution >= 0.6 is 0 Å². The van der Waals surface area contributed by atoms with E-state index in [1.165, 1.54) is 88.0 Å². The average Bonchev–Trinajstić information content (AvgIpc) is 0.969. The first-order valence-corrected chi connectivity index (χ1v) is 28.5. The fourth-order valence-corrected chi connectivity index (χ4v) is 15.0. The Bertz CT molecular complexity index is 6390. The van der Waals surface area contributed by atoms with Crippen molar-refractivity contribution in [3.63, 3.8) is 0 Å². The lowest BCUT2D eigenvalue weighted by atomic mass is 9.84. The number of rotatable bonds is 12. The molecule has 410 valence electrons. The van der Waals surface area contributed by atoms with Gasteiger partial charge < -0.3 is 4.74 Å². The van der Waals surface area contributed by atoms with Crippen molar-refractivity contribution in [3.05, 3.63) is 307 Å². The maximum atomic E-state index is 10.2. The van der Waals surface area contributed by atoms with Gasteiger partial charge in [0.1, 0.15) is 17.3 Å². The predicted molar refractivity (Wildman–Crippen MR) is 355 cm³/mol. The second kappa shape index (κ2) is 21.6. The summed E-state index contributed by atoms with van der Waals surface area (Å²) < 4.78 is 325. The molecule has 0 aliphatic rings. The molecule has 0 aliphatic carbocycles. The van der Waals surface area contributed by atoms with Crippen LogP contribution in [0.2, 0.25) is 0 Å². The van der Waals surface area contributed by atoms with E-state index in [4.69, 9.17) is 34.4 Å². The number of para-hydroxylation sites is 1. The van der Waals surface area contributed by atoms with Crippen molar-refractivity contribution in [2.24, 2.45) is 0 Å². The summed E-state index contributed by atoms with van der Waals surface area (Å²) in [7, 11) is -6.43. The number of nitrogens with zero attached hydrogens (tertiary/aromatic N) is 4. The van der Waals surface area contributed by atoms with Gasteiger partial charge in [-0.15, -0.1) is 0 Å². The van der Waals surface area contributed by atoms with Crippen LogP contribution in [0.4, 0.5) is 0 Å². The number of pyridine rings is 1. The molecule has 0 amide bonds. The summed E-state index contributed by atoms with van der Waals surface area (Å²) in [4.78, 5) is 4.69. The lowest BCUT2D eigenvalue weighted by molar-refractivity contribution is -0.570. The minimum atomic E-state index is -6.43. The first kappa shape index (κ1) is 27.5. The van der Waals surface area contributed by atoms with E-state index in [2.05, 4.69) is 6.33 Å². The Morgan fingerprint density at radius 1 is 0.506 bits per heavy atom. The zero-order valence-corrected chi connectivity index (χ0v) is 46.3. The molecule has 5 nitrogen and oxygen atoms in total. The van der Waals surface area contributed by atoms with Crippen molar-refractivity contribution in [1.82, 2.24) is 14.1 Å². The molecule has 11 aromatic carbocycles. The molecule has 0 saturated heterocycles. The van der Waals surface area contributed by atoms with Gasteiger partial charge in [-0.05, 0) is 145 Å². The molecule has 0 spiro atoms. The summed E-state index contributed by atoms with van der Waals surface area (Å²) in [6, 6.07) is 4.92. The van der Waals surface area contributed by atoms with E-state index in [-0.39, 0.29) is 56.3 Å². The molecule has 3 aromatic heterocycles. The van der Waals surface area contributed by atoms with Crippen molar-refractivity contribution < 1.29 is 55.9 Å². The van der Waals surface area contributed by atoms with Gasteiger partial charge in [0, 0.05) is 40.9 Å². The van der Waals surface area contributed by atoms with E-state index < -0.39 is 245 Å². The van der Waals surface area contributed by atoms with E-state index in [0.29, 0.717) is 21.8 Å². The molecular weight excluding hydrogens is 1050 g/mol. The molecule has 0 N–H and O–H groups in total. The third kappa shape index (κ3) is 9.36. The normalized spacial score (nSPS) is 18.0. The van der Waals surface area contributed by atoms with Crippen LogP contribution in [0.3, 0.4) is 0 Å². The largest absolute Gasteiger partial charge is 0.458 e. The zero-order chi connectivity index (χ0) is 87.1. The van der Waals surface area contributed by atoms with Gasteiger partial charge in [-0.25, -0.2) is 4.98 Å². The van der Waals surface area contributed by atoms with Gasteiger partial charge in [0.05, 0.1) is 67.7 Å². The summed E-state index contributed by atoms with van der Waals surface area (Å²) in [5, 5.41) is -2.22. The van der Waals surface area contributed by atoms with Crippen LogP contribution in [-0.2, 0) is 5.41 Å². The number of aryl methyl sites for hydroxylation is 3. The molecule has 0 fully saturated rings. The lowest BCUT2D eigenvalue weighted by Crippen LogP contribution is -2.76. The maximum absolute atomic E-state index is 10.2. The minimum Gasteiger partial charge on any atom is -0.458 e. The van der Waals surface area contributed by atoms with Gasteiger partial charge in [-0.1, -0.05) is 239 Å². The maximum Gasteiger partial charge on any atom is 0.269 e. The summed E-state index contributed by atoms with van der Waals surface area (Å²) in [5.74, 6) is 0.160. The van der Waals surface area contributed by atoms with Crippen LogP contribution in [0.25, 0.3) is 83.4 Å². The Morgan fingerprint density at radius 3 is 1.73 bits per heavy atom. The fraction of sp³-hybridized carbons (Fsp3) is 0.0886. The Balaban J connectivity index is 1.14. The van der Waals surface area contributed by atoms with Crippen LogP contribution in [0, 0.1) is 26.9 Å². The van der Waals surface area contributed by atoms with Gasteiger partial charge in [0.2, 0.25) is 0 Å². The molecule has 14 rings (SSSR count). The lowest BCUT2D eigenvalue weighted by Gasteiger charge is -2.38. The first-order valence-electron chi connectivity index (χ1n) is 43.5. The highest BCUT2D eigenvalue weighted by atomic mass is 28.3. The van der Waals surface area contributed by atoms with Crippen molar-refractivity contribution in [1.29, 1.82) is 0 Å². The van der Waals surface area contributed by atoms with Crippen LogP contribution in [0.5, 0.6) is 11.5 Å².